The van der Waals surface area contributed by atoms with Crippen LogP contribution in [0.4, 0.5) is 5.69 Å². The highest BCUT2D eigenvalue weighted by atomic mass is 79.9. The molecule has 0 aliphatic rings. The van der Waals surface area contributed by atoms with Crippen molar-refractivity contribution in [3.05, 3.63) is 28.2 Å². The highest BCUT2D eigenvalue weighted by Gasteiger charge is 2.24. The number of nitrogens with zero attached hydrogens (tertiary/aromatic N) is 2. The molecule has 0 fully saturated rings. The molecule has 1 rings (SSSR count). The lowest BCUT2D eigenvalue weighted by Gasteiger charge is -2.12. The molecule has 7 heteroatoms. The van der Waals surface area contributed by atoms with E-state index in [1.165, 1.54) is 12.1 Å². The Morgan fingerprint density at radius 2 is 2.11 bits per heavy atom. The SMILES string of the molecule is CCC(C#N)S(=O)(=O)Nc1ccc(Br)cc1C#N. The minimum atomic E-state index is -3.80. The van der Waals surface area contributed by atoms with Gasteiger partial charge in [0.05, 0.1) is 17.3 Å². The lowest BCUT2D eigenvalue weighted by atomic mass is 10.2. The van der Waals surface area contributed by atoms with E-state index in [-0.39, 0.29) is 17.7 Å². The zero-order chi connectivity index (χ0) is 13.8. The molecule has 0 spiro atoms. The predicted molar refractivity (Wildman–Crippen MR) is 71.1 cm³/mol. The maximum Gasteiger partial charge on any atom is 0.249 e. The number of rotatable bonds is 4. The average molecular weight is 328 g/mol. The van der Waals surface area contributed by atoms with Crippen LogP contribution in [-0.4, -0.2) is 13.7 Å². The zero-order valence-electron chi connectivity index (χ0n) is 9.51. The van der Waals surface area contributed by atoms with Crippen LogP contribution in [-0.2, 0) is 10.0 Å². The van der Waals surface area contributed by atoms with Crippen molar-refractivity contribution in [1.29, 1.82) is 10.5 Å². The molecule has 1 atom stereocenters. The molecule has 1 aromatic rings. The Labute approximate surface area is 114 Å². The molecule has 0 saturated heterocycles. The van der Waals surface area contributed by atoms with Gasteiger partial charge in [0.1, 0.15) is 6.07 Å². The Morgan fingerprint density at radius 1 is 1.44 bits per heavy atom. The van der Waals surface area contributed by atoms with Crippen LogP contribution in [0.1, 0.15) is 18.9 Å². The molecule has 0 bridgehead atoms. The molecule has 94 valence electrons. The highest BCUT2D eigenvalue weighted by molar-refractivity contribution is 9.10. The highest BCUT2D eigenvalue weighted by Crippen LogP contribution is 2.22. The molecule has 0 aliphatic carbocycles. The number of hydrogen-bond acceptors (Lipinski definition) is 4. The van der Waals surface area contributed by atoms with Crippen LogP contribution in [0.25, 0.3) is 0 Å². The summed E-state index contributed by atoms with van der Waals surface area (Å²) in [6.45, 7) is 1.61. The van der Waals surface area contributed by atoms with Crippen LogP contribution in [0, 0.1) is 22.7 Å². The summed E-state index contributed by atoms with van der Waals surface area (Å²) < 4.78 is 26.7. The Balaban J connectivity index is 3.14. The number of halogens is 1. The van der Waals surface area contributed by atoms with Crippen molar-refractivity contribution in [2.45, 2.75) is 18.6 Å². The van der Waals surface area contributed by atoms with E-state index in [1.54, 1.807) is 19.1 Å². The van der Waals surface area contributed by atoms with E-state index < -0.39 is 15.3 Å². The molecule has 0 amide bonds. The fraction of sp³-hybridized carbons (Fsp3) is 0.273. The van der Waals surface area contributed by atoms with Crippen molar-refractivity contribution >= 4 is 31.6 Å². The molecule has 0 radical (unpaired) electrons. The lowest BCUT2D eigenvalue weighted by Crippen LogP contribution is -2.26. The Kier molecular flexibility index (Phi) is 4.71. The molecular weight excluding hydrogens is 318 g/mol. The second-order valence-electron chi connectivity index (χ2n) is 3.47. The van der Waals surface area contributed by atoms with Gasteiger partial charge in [-0.25, -0.2) is 8.42 Å². The van der Waals surface area contributed by atoms with Crippen LogP contribution in [0.15, 0.2) is 22.7 Å². The third-order valence-corrected chi connectivity index (χ3v) is 4.43. The zero-order valence-corrected chi connectivity index (χ0v) is 11.9. The predicted octanol–water partition coefficient (Wildman–Crippen LogP) is 2.36. The Bertz CT molecular complexity index is 629. The van der Waals surface area contributed by atoms with E-state index in [0.29, 0.717) is 4.47 Å². The number of nitrogens with one attached hydrogen (secondary N) is 1. The lowest BCUT2D eigenvalue weighted by molar-refractivity contribution is 0.593. The summed E-state index contributed by atoms with van der Waals surface area (Å²) in [5.41, 5.74) is 0.371. The summed E-state index contributed by atoms with van der Waals surface area (Å²) in [6, 6.07) is 8.21. The van der Waals surface area contributed by atoms with Gasteiger partial charge >= 0.3 is 0 Å². The minimum Gasteiger partial charge on any atom is -0.281 e. The summed E-state index contributed by atoms with van der Waals surface area (Å²) >= 11 is 3.19. The van der Waals surface area contributed by atoms with Crippen molar-refractivity contribution in [1.82, 2.24) is 0 Å². The smallest absolute Gasteiger partial charge is 0.249 e. The fourth-order valence-electron chi connectivity index (χ4n) is 1.30. The summed E-state index contributed by atoms with van der Waals surface area (Å²) in [6.07, 6.45) is 0.185. The van der Waals surface area contributed by atoms with Crippen LogP contribution >= 0.6 is 15.9 Å². The monoisotopic (exact) mass is 327 g/mol. The molecule has 1 aromatic carbocycles. The third kappa shape index (κ3) is 3.22. The number of benzene rings is 1. The Hall–Kier alpha value is -1.57. The average Bonchev–Trinajstić information content (AvgIpc) is 2.32. The maximum atomic E-state index is 11.9. The van der Waals surface area contributed by atoms with E-state index >= 15 is 0 Å². The largest absolute Gasteiger partial charge is 0.281 e. The minimum absolute atomic E-state index is 0.175. The van der Waals surface area contributed by atoms with E-state index in [9.17, 15) is 8.42 Å². The molecule has 18 heavy (non-hydrogen) atoms. The van der Waals surface area contributed by atoms with Gasteiger partial charge in [-0.15, -0.1) is 0 Å². The van der Waals surface area contributed by atoms with E-state index in [1.807, 2.05) is 6.07 Å². The molecular formula is C11H10BrN3O2S. The van der Waals surface area contributed by atoms with Gasteiger partial charge in [0.25, 0.3) is 0 Å². The van der Waals surface area contributed by atoms with Gasteiger partial charge in [0.2, 0.25) is 10.0 Å². The Morgan fingerprint density at radius 3 is 2.61 bits per heavy atom. The van der Waals surface area contributed by atoms with Gasteiger partial charge in [-0.05, 0) is 24.6 Å². The number of hydrogen-bond donors (Lipinski definition) is 1. The van der Waals surface area contributed by atoms with Crippen LogP contribution in [0.3, 0.4) is 0 Å². The summed E-state index contributed by atoms with van der Waals surface area (Å²) in [7, 11) is -3.80. The van der Waals surface area contributed by atoms with Gasteiger partial charge in [0, 0.05) is 4.47 Å². The van der Waals surface area contributed by atoms with Gasteiger partial charge in [-0.2, -0.15) is 10.5 Å². The van der Waals surface area contributed by atoms with Crippen molar-refractivity contribution in [2.75, 3.05) is 4.72 Å². The molecule has 0 aromatic heterocycles. The summed E-state index contributed by atoms with van der Waals surface area (Å²) in [5.74, 6) is 0. The quantitative estimate of drug-likeness (QED) is 0.918. The van der Waals surface area contributed by atoms with Crippen molar-refractivity contribution in [2.24, 2.45) is 0 Å². The second kappa shape index (κ2) is 5.85. The van der Waals surface area contributed by atoms with Crippen molar-refractivity contribution in [3.8, 4) is 12.1 Å². The van der Waals surface area contributed by atoms with Crippen LogP contribution in [0.2, 0.25) is 0 Å². The first kappa shape index (κ1) is 14.5. The van der Waals surface area contributed by atoms with E-state index in [2.05, 4.69) is 20.7 Å². The van der Waals surface area contributed by atoms with Gasteiger partial charge in [0.15, 0.2) is 5.25 Å². The molecule has 1 unspecified atom stereocenters. The molecule has 5 nitrogen and oxygen atoms in total. The number of sulfonamides is 1. The standard InChI is InChI=1S/C11H10BrN3O2S/c1-2-10(7-14)18(16,17)15-11-4-3-9(12)5-8(11)6-13/h3-5,10,15H,2H2,1H3. The molecule has 0 aliphatic heterocycles. The van der Waals surface area contributed by atoms with E-state index in [4.69, 9.17) is 10.5 Å². The van der Waals surface area contributed by atoms with Crippen molar-refractivity contribution < 1.29 is 8.42 Å². The molecule has 0 heterocycles. The number of anilines is 1. The van der Waals surface area contributed by atoms with E-state index in [0.717, 1.165) is 0 Å². The first-order chi connectivity index (χ1) is 8.44. The molecule has 1 N–H and O–H groups in total. The van der Waals surface area contributed by atoms with Crippen LogP contribution < -0.4 is 4.72 Å². The second-order valence-corrected chi connectivity index (χ2v) is 6.25. The topological polar surface area (TPSA) is 93.8 Å². The number of nitriles is 2. The first-order valence-electron chi connectivity index (χ1n) is 5.05. The van der Waals surface area contributed by atoms with Crippen LogP contribution in [0.5, 0.6) is 0 Å². The third-order valence-electron chi connectivity index (χ3n) is 2.24. The van der Waals surface area contributed by atoms with Gasteiger partial charge in [-0.1, -0.05) is 22.9 Å². The van der Waals surface area contributed by atoms with Gasteiger partial charge < -0.3 is 0 Å². The normalized spacial score (nSPS) is 12.2. The maximum absolute atomic E-state index is 11.9. The summed E-state index contributed by atoms with van der Waals surface area (Å²) in [4.78, 5) is 0. The fourth-order valence-corrected chi connectivity index (χ4v) is 2.87. The molecule has 0 saturated carbocycles. The van der Waals surface area contributed by atoms with Gasteiger partial charge in [-0.3, -0.25) is 4.72 Å². The van der Waals surface area contributed by atoms with Crippen molar-refractivity contribution in [3.63, 3.8) is 0 Å². The summed E-state index contributed by atoms with van der Waals surface area (Å²) in [5, 5.41) is 16.6. The first-order valence-corrected chi connectivity index (χ1v) is 7.39.